The van der Waals surface area contributed by atoms with Crippen LogP contribution < -0.4 is 4.72 Å². The number of anilines is 1. The summed E-state index contributed by atoms with van der Waals surface area (Å²) in [6, 6.07) is 4.01. The van der Waals surface area contributed by atoms with Gasteiger partial charge in [-0.3, -0.25) is 4.72 Å². The van der Waals surface area contributed by atoms with Gasteiger partial charge in [-0.15, -0.1) is 0 Å². The van der Waals surface area contributed by atoms with Gasteiger partial charge in [0.05, 0.1) is 16.9 Å². The summed E-state index contributed by atoms with van der Waals surface area (Å²) < 4.78 is 26.7. The molecular weight excluding hydrogens is 302 g/mol. The van der Waals surface area contributed by atoms with Crippen molar-refractivity contribution in [1.29, 1.82) is 0 Å². The SMILES string of the molecule is CC(C)c1ncc(S(=O)(=O)Nc2cc(O)ccc2Cl)[nH]1. The molecule has 1 aromatic heterocycles. The number of aromatic amines is 1. The number of hydrogen-bond donors (Lipinski definition) is 3. The van der Waals surface area contributed by atoms with E-state index in [2.05, 4.69) is 14.7 Å². The van der Waals surface area contributed by atoms with Crippen LogP contribution in [0, 0.1) is 0 Å². The molecule has 0 aliphatic heterocycles. The second kappa shape index (κ2) is 5.34. The van der Waals surface area contributed by atoms with E-state index in [9.17, 15) is 13.5 Å². The average Bonchev–Trinajstić information content (AvgIpc) is 2.84. The zero-order valence-electron chi connectivity index (χ0n) is 10.9. The highest BCUT2D eigenvalue weighted by molar-refractivity contribution is 7.92. The molecule has 0 unspecified atom stereocenters. The van der Waals surface area contributed by atoms with Gasteiger partial charge in [0, 0.05) is 12.0 Å². The Morgan fingerprint density at radius 1 is 1.40 bits per heavy atom. The fourth-order valence-electron chi connectivity index (χ4n) is 1.54. The predicted octanol–water partition coefficient (Wildman–Crippen LogP) is 2.69. The first-order valence-electron chi connectivity index (χ1n) is 5.86. The topological polar surface area (TPSA) is 95.1 Å². The Labute approximate surface area is 121 Å². The third-order valence-electron chi connectivity index (χ3n) is 2.60. The minimum absolute atomic E-state index is 0.0550. The molecule has 0 bridgehead atoms. The molecule has 20 heavy (non-hydrogen) atoms. The number of phenols is 1. The Morgan fingerprint density at radius 3 is 2.70 bits per heavy atom. The molecule has 0 saturated heterocycles. The van der Waals surface area contributed by atoms with Gasteiger partial charge < -0.3 is 10.1 Å². The molecule has 0 spiro atoms. The van der Waals surface area contributed by atoms with Gasteiger partial charge in [-0.2, -0.15) is 8.42 Å². The molecule has 0 radical (unpaired) electrons. The molecule has 0 amide bonds. The maximum absolute atomic E-state index is 12.2. The molecule has 0 aliphatic carbocycles. The fourth-order valence-corrected chi connectivity index (χ4v) is 2.76. The first kappa shape index (κ1) is 14.7. The number of benzene rings is 1. The lowest BCUT2D eigenvalue weighted by Gasteiger charge is -2.08. The monoisotopic (exact) mass is 315 g/mol. The molecule has 0 atom stereocenters. The maximum Gasteiger partial charge on any atom is 0.279 e. The molecule has 0 fully saturated rings. The Kier molecular flexibility index (Phi) is 3.92. The first-order valence-corrected chi connectivity index (χ1v) is 7.72. The van der Waals surface area contributed by atoms with Crippen LogP contribution in [0.2, 0.25) is 5.02 Å². The quantitative estimate of drug-likeness (QED) is 0.808. The van der Waals surface area contributed by atoms with Crippen LogP contribution in [0.4, 0.5) is 5.69 Å². The van der Waals surface area contributed by atoms with Gasteiger partial charge in [0.15, 0.2) is 5.03 Å². The lowest BCUT2D eigenvalue weighted by Crippen LogP contribution is -2.13. The van der Waals surface area contributed by atoms with Crippen molar-refractivity contribution in [1.82, 2.24) is 9.97 Å². The van der Waals surface area contributed by atoms with Crippen LogP contribution in [0.3, 0.4) is 0 Å². The zero-order chi connectivity index (χ0) is 14.9. The summed E-state index contributed by atoms with van der Waals surface area (Å²) in [7, 11) is -3.83. The predicted molar refractivity (Wildman–Crippen MR) is 76.6 cm³/mol. The standard InChI is InChI=1S/C12H14ClN3O3S/c1-7(2)12-14-6-11(15-12)20(18,19)16-10-5-8(17)3-4-9(10)13/h3-7,16-17H,1-2H3,(H,14,15). The number of nitrogens with one attached hydrogen (secondary N) is 2. The fraction of sp³-hybridized carbons (Fsp3) is 0.250. The molecule has 2 rings (SSSR count). The Bertz CT molecular complexity index is 725. The number of phenolic OH excluding ortho intramolecular Hbond substituents is 1. The van der Waals surface area contributed by atoms with Gasteiger partial charge in [0.25, 0.3) is 10.0 Å². The number of aromatic hydroxyl groups is 1. The molecule has 0 saturated carbocycles. The average molecular weight is 316 g/mol. The maximum atomic E-state index is 12.2. The van der Waals surface area contributed by atoms with Gasteiger partial charge in [-0.05, 0) is 12.1 Å². The molecule has 3 N–H and O–H groups in total. The van der Waals surface area contributed by atoms with E-state index in [0.717, 1.165) is 0 Å². The third kappa shape index (κ3) is 3.05. The Balaban J connectivity index is 2.33. The zero-order valence-corrected chi connectivity index (χ0v) is 12.5. The van der Waals surface area contributed by atoms with Gasteiger partial charge in [0.2, 0.25) is 0 Å². The molecule has 6 nitrogen and oxygen atoms in total. The number of imidazole rings is 1. The summed E-state index contributed by atoms with van der Waals surface area (Å²) in [5.41, 5.74) is 0.104. The molecule has 108 valence electrons. The van der Waals surface area contributed by atoms with E-state index in [1.807, 2.05) is 13.8 Å². The van der Waals surface area contributed by atoms with Crippen LogP contribution in [-0.2, 0) is 10.0 Å². The van der Waals surface area contributed by atoms with E-state index in [0.29, 0.717) is 5.82 Å². The molecular formula is C12H14ClN3O3S. The van der Waals surface area contributed by atoms with Crippen LogP contribution in [0.15, 0.2) is 29.4 Å². The minimum atomic E-state index is -3.83. The largest absolute Gasteiger partial charge is 0.508 e. The number of halogens is 1. The first-order chi connectivity index (χ1) is 9.29. The van der Waals surface area contributed by atoms with E-state index in [1.165, 1.54) is 24.4 Å². The van der Waals surface area contributed by atoms with Crippen LogP contribution >= 0.6 is 11.6 Å². The van der Waals surface area contributed by atoms with Crippen molar-refractivity contribution < 1.29 is 13.5 Å². The van der Waals surface area contributed by atoms with Gasteiger partial charge in [0.1, 0.15) is 11.6 Å². The van der Waals surface area contributed by atoms with Crippen molar-refractivity contribution in [2.75, 3.05) is 4.72 Å². The van der Waals surface area contributed by atoms with E-state index >= 15 is 0 Å². The van der Waals surface area contributed by atoms with Crippen LogP contribution in [-0.4, -0.2) is 23.5 Å². The third-order valence-corrected chi connectivity index (χ3v) is 4.21. The number of rotatable bonds is 4. The van der Waals surface area contributed by atoms with Crippen molar-refractivity contribution in [3.63, 3.8) is 0 Å². The number of hydrogen-bond acceptors (Lipinski definition) is 4. The second-order valence-electron chi connectivity index (χ2n) is 4.56. The lowest BCUT2D eigenvalue weighted by molar-refractivity contribution is 0.475. The lowest BCUT2D eigenvalue weighted by atomic mass is 10.2. The molecule has 0 aliphatic rings. The van der Waals surface area contributed by atoms with E-state index < -0.39 is 10.0 Å². The highest BCUT2D eigenvalue weighted by Crippen LogP contribution is 2.28. The van der Waals surface area contributed by atoms with Crippen molar-refractivity contribution in [3.05, 3.63) is 35.2 Å². The number of aromatic nitrogens is 2. The normalized spacial score (nSPS) is 11.8. The second-order valence-corrected chi connectivity index (χ2v) is 6.62. The van der Waals surface area contributed by atoms with Crippen LogP contribution in [0.25, 0.3) is 0 Å². The smallest absolute Gasteiger partial charge is 0.279 e. The van der Waals surface area contributed by atoms with E-state index in [1.54, 1.807) is 0 Å². The summed E-state index contributed by atoms with van der Waals surface area (Å²) in [4.78, 5) is 6.75. The summed E-state index contributed by atoms with van der Waals surface area (Å²) in [5, 5.41) is 9.50. The van der Waals surface area contributed by atoms with Crippen LogP contribution in [0.5, 0.6) is 5.75 Å². The molecule has 8 heteroatoms. The summed E-state index contributed by atoms with van der Waals surface area (Å²) >= 11 is 5.88. The summed E-state index contributed by atoms with van der Waals surface area (Å²) in [5.74, 6) is 0.579. The van der Waals surface area contributed by atoms with Gasteiger partial charge in [-0.25, -0.2) is 4.98 Å². The summed E-state index contributed by atoms with van der Waals surface area (Å²) in [6.45, 7) is 3.80. The van der Waals surface area contributed by atoms with Crippen molar-refractivity contribution >= 4 is 27.3 Å². The van der Waals surface area contributed by atoms with E-state index in [-0.39, 0.29) is 27.4 Å². The van der Waals surface area contributed by atoms with Gasteiger partial charge >= 0.3 is 0 Å². The molecule has 1 aromatic carbocycles. The summed E-state index contributed by atoms with van der Waals surface area (Å²) in [6.07, 6.45) is 1.24. The Hall–Kier alpha value is -1.73. The molecule has 2 aromatic rings. The van der Waals surface area contributed by atoms with E-state index in [4.69, 9.17) is 11.6 Å². The van der Waals surface area contributed by atoms with Crippen LogP contribution in [0.1, 0.15) is 25.6 Å². The minimum Gasteiger partial charge on any atom is -0.508 e. The Morgan fingerprint density at radius 2 is 2.10 bits per heavy atom. The molecule has 1 heterocycles. The highest BCUT2D eigenvalue weighted by Gasteiger charge is 2.19. The highest BCUT2D eigenvalue weighted by atomic mass is 35.5. The van der Waals surface area contributed by atoms with Crippen molar-refractivity contribution in [3.8, 4) is 5.75 Å². The van der Waals surface area contributed by atoms with Gasteiger partial charge in [-0.1, -0.05) is 25.4 Å². The number of sulfonamides is 1. The van der Waals surface area contributed by atoms with Crippen molar-refractivity contribution in [2.24, 2.45) is 0 Å². The number of H-pyrrole nitrogens is 1. The number of nitrogens with zero attached hydrogens (tertiary/aromatic N) is 1. The van der Waals surface area contributed by atoms with Crippen molar-refractivity contribution in [2.45, 2.75) is 24.8 Å².